The topological polar surface area (TPSA) is 66.8 Å². The van der Waals surface area contributed by atoms with E-state index < -0.39 is 0 Å². The summed E-state index contributed by atoms with van der Waals surface area (Å²) in [6.45, 7) is 0.348. The quantitative estimate of drug-likeness (QED) is 0.458. The summed E-state index contributed by atoms with van der Waals surface area (Å²) in [6, 6.07) is 13.6. The molecule has 0 saturated heterocycles. The molecule has 0 fully saturated rings. The summed E-state index contributed by atoms with van der Waals surface area (Å²) in [7, 11) is 0. The van der Waals surface area contributed by atoms with E-state index in [1.165, 1.54) is 11.8 Å². The molecule has 0 amide bonds. The average Bonchev–Trinajstić information content (AvgIpc) is 2.53. The number of carbonyl (C=O) groups is 1. The molecule has 22 heavy (non-hydrogen) atoms. The molecule has 0 unspecified atom stereocenters. The van der Waals surface area contributed by atoms with Crippen molar-refractivity contribution in [3.05, 3.63) is 48.5 Å². The van der Waals surface area contributed by atoms with Crippen molar-refractivity contribution in [1.82, 2.24) is 0 Å². The van der Waals surface area contributed by atoms with E-state index in [1.54, 1.807) is 48.2 Å². The van der Waals surface area contributed by atoms with E-state index in [1.807, 2.05) is 12.1 Å². The van der Waals surface area contributed by atoms with Crippen LogP contribution in [0.15, 0.2) is 58.3 Å². The minimum atomic E-state index is -0.260. The maximum atomic E-state index is 11.6. The zero-order valence-corrected chi connectivity index (χ0v) is 13.4. The monoisotopic (exact) mass is 336 g/mol. The summed E-state index contributed by atoms with van der Waals surface area (Å²) >= 11 is 2.94. The number of rotatable bonds is 7. The molecule has 0 aromatic heterocycles. The summed E-state index contributed by atoms with van der Waals surface area (Å²) in [5.41, 5.74) is 0. The van der Waals surface area contributed by atoms with Gasteiger partial charge in [0.05, 0.1) is 5.75 Å². The van der Waals surface area contributed by atoms with E-state index in [0.717, 1.165) is 9.79 Å². The number of hydrogen-bond donors (Lipinski definition) is 2. The van der Waals surface area contributed by atoms with E-state index in [2.05, 4.69) is 0 Å². The largest absolute Gasteiger partial charge is 0.508 e. The Morgan fingerprint density at radius 3 is 1.91 bits per heavy atom. The second kappa shape index (κ2) is 8.60. The van der Waals surface area contributed by atoms with E-state index in [0.29, 0.717) is 12.4 Å². The highest BCUT2D eigenvalue weighted by molar-refractivity contribution is 8.00. The molecule has 116 valence electrons. The van der Waals surface area contributed by atoms with Gasteiger partial charge in [-0.1, -0.05) is 0 Å². The number of phenols is 2. The average molecular weight is 336 g/mol. The highest BCUT2D eigenvalue weighted by atomic mass is 32.2. The normalized spacial score (nSPS) is 10.4. The van der Waals surface area contributed by atoms with Crippen LogP contribution in [0.2, 0.25) is 0 Å². The number of carbonyl (C=O) groups excluding carboxylic acids is 1. The van der Waals surface area contributed by atoms with Gasteiger partial charge in [0.25, 0.3) is 0 Å². The van der Waals surface area contributed by atoms with Gasteiger partial charge in [0.15, 0.2) is 0 Å². The Morgan fingerprint density at radius 2 is 1.36 bits per heavy atom. The molecule has 0 heterocycles. The fraction of sp³-hybridized carbons (Fsp3) is 0.188. The standard InChI is InChI=1S/C16H16O4S2/c17-12-1-5-14(6-2-12)21-10-9-20-16(19)11-22-15-7-3-13(18)4-8-15/h1-8,17-18H,9-11H2. The Labute approximate surface area is 137 Å². The second-order valence-corrected chi connectivity index (χ2v) is 6.56. The van der Waals surface area contributed by atoms with Crippen LogP contribution < -0.4 is 0 Å². The first-order valence-electron chi connectivity index (χ1n) is 6.63. The molecule has 2 aromatic carbocycles. The predicted molar refractivity (Wildman–Crippen MR) is 88.6 cm³/mol. The Balaban J connectivity index is 1.61. The molecule has 4 nitrogen and oxygen atoms in total. The summed E-state index contributed by atoms with van der Waals surface area (Å²) in [6.07, 6.45) is 0. The van der Waals surface area contributed by atoms with Crippen molar-refractivity contribution in [2.24, 2.45) is 0 Å². The van der Waals surface area contributed by atoms with Gasteiger partial charge in [-0.3, -0.25) is 4.79 Å². The first kappa shape index (κ1) is 16.6. The predicted octanol–water partition coefficient (Wildman–Crippen LogP) is 3.53. The Bertz CT molecular complexity index is 597. The van der Waals surface area contributed by atoms with Gasteiger partial charge in [-0.05, 0) is 48.5 Å². The summed E-state index contributed by atoms with van der Waals surface area (Å²) in [5.74, 6) is 1.10. The molecule has 2 aromatic rings. The lowest BCUT2D eigenvalue weighted by atomic mass is 10.3. The van der Waals surface area contributed by atoms with Crippen LogP contribution in [-0.4, -0.2) is 34.3 Å². The molecule has 0 aliphatic heterocycles. The van der Waals surface area contributed by atoms with Crippen LogP contribution in [0.25, 0.3) is 0 Å². The van der Waals surface area contributed by atoms with Gasteiger partial charge in [0, 0.05) is 15.5 Å². The summed E-state index contributed by atoms with van der Waals surface area (Å²) in [4.78, 5) is 13.5. The number of hydrogen-bond acceptors (Lipinski definition) is 6. The fourth-order valence-electron chi connectivity index (χ4n) is 1.58. The molecule has 0 atom stereocenters. The zero-order valence-electron chi connectivity index (χ0n) is 11.8. The van der Waals surface area contributed by atoms with Gasteiger partial charge in [-0.25, -0.2) is 0 Å². The molecule has 0 bridgehead atoms. The number of benzene rings is 2. The molecule has 0 aliphatic rings. The Hall–Kier alpha value is -1.79. The first-order chi connectivity index (χ1) is 10.6. The van der Waals surface area contributed by atoms with Gasteiger partial charge >= 0.3 is 5.97 Å². The van der Waals surface area contributed by atoms with Gasteiger partial charge in [-0.15, -0.1) is 23.5 Å². The second-order valence-electron chi connectivity index (χ2n) is 4.35. The third kappa shape index (κ3) is 5.91. The van der Waals surface area contributed by atoms with Crippen molar-refractivity contribution >= 4 is 29.5 Å². The van der Waals surface area contributed by atoms with E-state index in [4.69, 9.17) is 9.84 Å². The van der Waals surface area contributed by atoms with Crippen LogP contribution in [0.1, 0.15) is 0 Å². The van der Waals surface area contributed by atoms with E-state index in [9.17, 15) is 9.90 Å². The van der Waals surface area contributed by atoms with Gasteiger partial charge in [0.1, 0.15) is 18.1 Å². The molecule has 2 rings (SSSR count). The third-order valence-electron chi connectivity index (χ3n) is 2.65. The fourth-order valence-corrected chi connectivity index (χ4v) is 3.01. The smallest absolute Gasteiger partial charge is 0.316 e. The van der Waals surface area contributed by atoms with Crippen LogP contribution in [0, 0.1) is 0 Å². The number of phenolic OH excluding ortho intramolecular Hbond substituents is 2. The number of thioether (sulfide) groups is 2. The first-order valence-corrected chi connectivity index (χ1v) is 8.60. The SMILES string of the molecule is O=C(CSc1ccc(O)cc1)OCCSc1ccc(O)cc1. The molecular weight excluding hydrogens is 320 g/mol. The number of ether oxygens (including phenoxy) is 1. The van der Waals surface area contributed by atoms with Crippen molar-refractivity contribution in [2.45, 2.75) is 9.79 Å². The van der Waals surface area contributed by atoms with Crippen LogP contribution in [0.3, 0.4) is 0 Å². The van der Waals surface area contributed by atoms with Crippen molar-refractivity contribution in [3.63, 3.8) is 0 Å². The number of aromatic hydroxyl groups is 2. The molecule has 2 N–H and O–H groups in total. The van der Waals surface area contributed by atoms with Gasteiger partial charge in [-0.2, -0.15) is 0 Å². The van der Waals surface area contributed by atoms with Crippen molar-refractivity contribution in [1.29, 1.82) is 0 Å². The highest BCUT2D eigenvalue weighted by Gasteiger charge is 2.04. The number of esters is 1. The minimum Gasteiger partial charge on any atom is -0.508 e. The molecular formula is C16H16O4S2. The van der Waals surface area contributed by atoms with E-state index >= 15 is 0 Å². The van der Waals surface area contributed by atoms with Crippen molar-refractivity contribution in [2.75, 3.05) is 18.1 Å². The van der Waals surface area contributed by atoms with Gasteiger partial charge < -0.3 is 14.9 Å². The van der Waals surface area contributed by atoms with Crippen molar-refractivity contribution in [3.8, 4) is 11.5 Å². The molecule has 0 radical (unpaired) electrons. The molecule has 0 spiro atoms. The maximum absolute atomic E-state index is 11.6. The van der Waals surface area contributed by atoms with E-state index in [-0.39, 0.29) is 23.2 Å². The van der Waals surface area contributed by atoms with Gasteiger partial charge in [0.2, 0.25) is 0 Å². The lowest BCUT2D eigenvalue weighted by Crippen LogP contribution is -2.09. The Kier molecular flexibility index (Phi) is 6.48. The molecule has 0 saturated carbocycles. The zero-order chi connectivity index (χ0) is 15.8. The highest BCUT2D eigenvalue weighted by Crippen LogP contribution is 2.22. The summed E-state index contributed by atoms with van der Waals surface area (Å²) < 4.78 is 5.15. The lowest BCUT2D eigenvalue weighted by molar-refractivity contribution is -0.139. The van der Waals surface area contributed by atoms with Crippen LogP contribution >= 0.6 is 23.5 Å². The third-order valence-corrected chi connectivity index (χ3v) is 4.61. The van der Waals surface area contributed by atoms with Crippen LogP contribution in [-0.2, 0) is 9.53 Å². The minimum absolute atomic E-state index is 0.207. The van der Waals surface area contributed by atoms with Crippen LogP contribution in [0.4, 0.5) is 0 Å². The summed E-state index contributed by atoms with van der Waals surface area (Å²) in [5, 5.41) is 18.3. The molecule has 0 aliphatic carbocycles. The Morgan fingerprint density at radius 1 is 0.864 bits per heavy atom. The maximum Gasteiger partial charge on any atom is 0.316 e. The molecule has 6 heteroatoms. The van der Waals surface area contributed by atoms with Crippen LogP contribution in [0.5, 0.6) is 11.5 Å². The van der Waals surface area contributed by atoms with Crippen molar-refractivity contribution < 1.29 is 19.7 Å². The lowest BCUT2D eigenvalue weighted by Gasteiger charge is -2.05.